The van der Waals surface area contributed by atoms with Gasteiger partial charge in [0, 0.05) is 12.5 Å². The predicted molar refractivity (Wildman–Crippen MR) is 121 cm³/mol. The van der Waals surface area contributed by atoms with E-state index < -0.39 is 24.6 Å². The molecule has 1 aliphatic rings. The molecule has 0 fully saturated rings. The second kappa shape index (κ2) is 10.7. The zero-order valence-corrected chi connectivity index (χ0v) is 18.3. The lowest BCUT2D eigenvalue weighted by Gasteiger charge is -2.14. The third-order valence-electron chi connectivity index (χ3n) is 5.39. The third kappa shape index (κ3) is 5.44. The number of hydrogen-bond acceptors (Lipinski definition) is 6. The molecule has 0 spiro atoms. The van der Waals surface area contributed by atoms with Gasteiger partial charge in [-0.3, -0.25) is 4.79 Å². The van der Waals surface area contributed by atoms with Crippen molar-refractivity contribution in [3.8, 4) is 11.1 Å². The summed E-state index contributed by atoms with van der Waals surface area (Å²) in [6.45, 7) is 0.0404. The van der Waals surface area contributed by atoms with Crippen molar-refractivity contribution in [2.75, 3.05) is 26.4 Å². The number of ether oxygens (including phenoxy) is 2. The van der Waals surface area contributed by atoms with Crippen LogP contribution in [0.5, 0.6) is 0 Å². The van der Waals surface area contributed by atoms with E-state index in [2.05, 4.69) is 34.9 Å². The number of carbonyl (C=O) groups is 3. The van der Waals surface area contributed by atoms with Crippen molar-refractivity contribution in [3.63, 3.8) is 0 Å². The van der Waals surface area contributed by atoms with Crippen molar-refractivity contribution in [1.29, 1.82) is 0 Å². The number of hydrogen-bond donors (Lipinski definition) is 3. The minimum Gasteiger partial charge on any atom is -0.480 e. The molecule has 0 saturated heterocycles. The summed E-state index contributed by atoms with van der Waals surface area (Å²) in [5.41, 5.74) is 4.57. The SMILES string of the molecule is O=C(O)COCCNC(=O)c1ccc(CNC(=O)OCC2c3ccccc3-c3ccccc32)o1. The Morgan fingerprint density at radius 3 is 2.26 bits per heavy atom. The first kappa shape index (κ1) is 23.1. The number of nitrogens with one attached hydrogen (secondary N) is 2. The lowest BCUT2D eigenvalue weighted by atomic mass is 9.98. The Morgan fingerprint density at radius 2 is 1.59 bits per heavy atom. The molecular formula is C25H24N2O7. The number of carboxylic acids is 1. The second-order valence-corrected chi connectivity index (χ2v) is 7.65. The molecule has 0 bridgehead atoms. The maximum absolute atomic E-state index is 12.3. The summed E-state index contributed by atoms with van der Waals surface area (Å²) in [5, 5.41) is 13.7. The van der Waals surface area contributed by atoms with Crippen LogP contribution >= 0.6 is 0 Å². The number of aliphatic carboxylic acids is 1. The lowest BCUT2D eigenvalue weighted by molar-refractivity contribution is -0.142. The highest BCUT2D eigenvalue weighted by Gasteiger charge is 2.29. The van der Waals surface area contributed by atoms with Gasteiger partial charge in [-0.1, -0.05) is 48.5 Å². The fraction of sp³-hybridized carbons (Fsp3) is 0.240. The van der Waals surface area contributed by atoms with Crippen LogP contribution in [0.15, 0.2) is 65.1 Å². The Labute approximate surface area is 195 Å². The molecule has 3 aromatic rings. The number of carbonyl (C=O) groups excluding carboxylic acids is 2. The molecule has 0 aliphatic heterocycles. The standard InChI is InChI=1S/C25H24N2O7/c28-23(29)15-32-12-11-26-24(30)22-10-9-16(34-22)13-27-25(31)33-14-21-19-7-3-1-5-17(19)18-6-2-4-8-20(18)21/h1-10,21H,11-15H2,(H,26,30)(H,27,31)(H,28,29). The van der Waals surface area contributed by atoms with Gasteiger partial charge in [-0.05, 0) is 34.4 Å². The highest BCUT2D eigenvalue weighted by molar-refractivity contribution is 5.91. The van der Waals surface area contributed by atoms with Crippen molar-refractivity contribution in [3.05, 3.63) is 83.3 Å². The van der Waals surface area contributed by atoms with Crippen molar-refractivity contribution < 1.29 is 33.4 Å². The summed E-state index contributed by atoms with van der Waals surface area (Å²) in [5.74, 6) is -1.11. The molecular weight excluding hydrogens is 440 g/mol. The summed E-state index contributed by atoms with van der Waals surface area (Å²) in [4.78, 5) is 34.7. The quantitative estimate of drug-likeness (QED) is 0.393. The van der Waals surface area contributed by atoms with Crippen LogP contribution in [0, 0.1) is 0 Å². The van der Waals surface area contributed by atoms with Crippen molar-refractivity contribution in [1.82, 2.24) is 10.6 Å². The molecule has 9 nitrogen and oxygen atoms in total. The van der Waals surface area contributed by atoms with Gasteiger partial charge in [-0.25, -0.2) is 9.59 Å². The molecule has 4 rings (SSSR count). The van der Waals surface area contributed by atoms with E-state index in [-0.39, 0.29) is 38.0 Å². The van der Waals surface area contributed by atoms with Gasteiger partial charge in [0.2, 0.25) is 0 Å². The Balaban J connectivity index is 1.24. The number of rotatable bonds is 10. The van der Waals surface area contributed by atoms with Crippen LogP contribution < -0.4 is 10.6 Å². The van der Waals surface area contributed by atoms with Crippen molar-refractivity contribution in [2.24, 2.45) is 0 Å². The van der Waals surface area contributed by atoms with Gasteiger partial charge < -0.3 is 29.6 Å². The van der Waals surface area contributed by atoms with E-state index in [1.807, 2.05) is 24.3 Å². The molecule has 1 aliphatic carbocycles. The number of amides is 2. The molecule has 1 aromatic heterocycles. The first-order valence-corrected chi connectivity index (χ1v) is 10.8. The first-order valence-electron chi connectivity index (χ1n) is 10.8. The number of carboxylic acid groups (broad SMARTS) is 1. The van der Waals surface area contributed by atoms with Gasteiger partial charge in [0.05, 0.1) is 13.2 Å². The Kier molecular flexibility index (Phi) is 7.24. The van der Waals surface area contributed by atoms with E-state index in [0.29, 0.717) is 5.76 Å². The highest BCUT2D eigenvalue weighted by Crippen LogP contribution is 2.44. The molecule has 0 radical (unpaired) electrons. The van der Waals surface area contributed by atoms with Crippen LogP contribution in [0.2, 0.25) is 0 Å². The van der Waals surface area contributed by atoms with Gasteiger partial charge in [0.1, 0.15) is 19.0 Å². The zero-order valence-electron chi connectivity index (χ0n) is 18.3. The average Bonchev–Trinajstić information content (AvgIpc) is 3.44. The van der Waals surface area contributed by atoms with Crippen LogP contribution in [-0.2, 0) is 20.8 Å². The third-order valence-corrected chi connectivity index (χ3v) is 5.39. The topological polar surface area (TPSA) is 127 Å². The van der Waals surface area contributed by atoms with Crippen LogP contribution in [-0.4, -0.2) is 49.4 Å². The molecule has 2 amide bonds. The number of furan rings is 1. The molecule has 2 aromatic carbocycles. The second-order valence-electron chi connectivity index (χ2n) is 7.65. The van der Waals surface area contributed by atoms with E-state index in [1.165, 1.54) is 6.07 Å². The molecule has 9 heteroatoms. The number of benzene rings is 2. The molecule has 0 saturated carbocycles. The van der Waals surface area contributed by atoms with Gasteiger partial charge in [-0.15, -0.1) is 0 Å². The minimum atomic E-state index is -1.08. The van der Waals surface area contributed by atoms with E-state index in [0.717, 1.165) is 22.3 Å². The zero-order chi connectivity index (χ0) is 23.9. The lowest BCUT2D eigenvalue weighted by Crippen LogP contribution is -2.27. The Bertz CT molecular complexity index is 1140. The van der Waals surface area contributed by atoms with Crippen molar-refractivity contribution in [2.45, 2.75) is 12.5 Å². The summed E-state index contributed by atoms with van der Waals surface area (Å²) in [6, 6.07) is 19.3. The van der Waals surface area contributed by atoms with E-state index >= 15 is 0 Å². The van der Waals surface area contributed by atoms with Gasteiger partial charge in [-0.2, -0.15) is 0 Å². The van der Waals surface area contributed by atoms with Crippen LogP contribution in [0.3, 0.4) is 0 Å². The number of alkyl carbamates (subject to hydrolysis) is 1. The van der Waals surface area contributed by atoms with E-state index in [9.17, 15) is 14.4 Å². The first-order chi connectivity index (χ1) is 16.5. The molecule has 0 atom stereocenters. The Hall–Kier alpha value is -4.11. The maximum atomic E-state index is 12.3. The summed E-state index contributed by atoms with van der Waals surface area (Å²) in [7, 11) is 0. The monoisotopic (exact) mass is 464 g/mol. The summed E-state index contributed by atoms with van der Waals surface area (Å²) < 4.78 is 15.8. The minimum absolute atomic E-state index is 0.0310. The molecule has 0 unspecified atom stereocenters. The van der Waals surface area contributed by atoms with Gasteiger partial charge >= 0.3 is 12.1 Å². The van der Waals surface area contributed by atoms with Crippen LogP contribution in [0.1, 0.15) is 33.4 Å². The van der Waals surface area contributed by atoms with Gasteiger partial charge in [0.25, 0.3) is 5.91 Å². The van der Waals surface area contributed by atoms with Gasteiger partial charge in [0.15, 0.2) is 5.76 Å². The fourth-order valence-corrected chi connectivity index (χ4v) is 3.89. The average molecular weight is 464 g/mol. The molecule has 34 heavy (non-hydrogen) atoms. The Morgan fingerprint density at radius 1 is 0.912 bits per heavy atom. The predicted octanol–water partition coefficient (Wildman–Crippen LogP) is 3.15. The highest BCUT2D eigenvalue weighted by atomic mass is 16.5. The molecule has 1 heterocycles. The largest absolute Gasteiger partial charge is 0.480 e. The normalized spacial score (nSPS) is 12.0. The summed E-state index contributed by atoms with van der Waals surface area (Å²) in [6.07, 6.45) is -0.583. The smallest absolute Gasteiger partial charge is 0.407 e. The van der Waals surface area contributed by atoms with E-state index in [4.69, 9.17) is 19.0 Å². The van der Waals surface area contributed by atoms with Crippen molar-refractivity contribution >= 4 is 18.0 Å². The maximum Gasteiger partial charge on any atom is 0.407 e. The fourth-order valence-electron chi connectivity index (χ4n) is 3.89. The summed E-state index contributed by atoms with van der Waals surface area (Å²) >= 11 is 0. The molecule has 3 N–H and O–H groups in total. The molecule has 176 valence electrons. The van der Waals surface area contributed by atoms with Crippen LogP contribution in [0.4, 0.5) is 4.79 Å². The van der Waals surface area contributed by atoms with Crippen LogP contribution in [0.25, 0.3) is 11.1 Å². The number of fused-ring (bicyclic) bond motifs is 3. The van der Waals surface area contributed by atoms with E-state index in [1.54, 1.807) is 6.07 Å².